The summed E-state index contributed by atoms with van der Waals surface area (Å²) in [4.78, 5) is 11.0. The maximum Gasteiger partial charge on any atom is 0.328 e. The third kappa shape index (κ3) is 2.85. The van der Waals surface area contributed by atoms with E-state index in [9.17, 15) is 13.6 Å². The van der Waals surface area contributed by atoms with Gasteiger partial charge >= 0.3 is 11.6 Å². The molecule has 106 valence electrons. The molecule has 0 aliphatic carbocycles. The molecule has 2 rings (SSSR count). The standard InChI is InChI=1S/C13H13F2N2O2P/c1-8(12(18)19)17-7-10(9-5-3-2-4-6-9)11(16-17)13(14,15)20/h2-8H,20H2,1H3,(H,18,19). The molecule has 0 amide bonds. The van der Waals surface area contributed by atoms with E-state index in [2.05, 4.69) is 5.10 Å². The van der Waals surface area contributed by atoms with Gasteiger partial charge in [-0.1, -0.05) is 39.6 Å². The molecule has 0 bridgehead atoms. The fourth-order valence-corrected chi connectivity index (χ4v) is 1.99. The summed E-state index contributed by atoms with van der Waals surface area (Å²) in [6.07, 6.45) is 1.33. The summed E-state index contributed by atoms with van der Waals surface area (Å²) in [5.74, 6) is -1.13. The van der Waals surface area contributed by atoms with Gasteiger partial charge in [0.2, 0.25) is 0 Å². The van der Waals surface area contributed by atoms with E-state index in [1.54, 1.807) is 30.3 Å². The molecule has 2 unspecified atom stereocenters. The minimum atomic E-state index is -3.23. The lowest BCUT2D eigenvalue weighted by atomic mass is 10.1. The van der Waals surface area contributed by atoms with Gasteiger partial charge in [-0.15, -0.1) is 0 Å². The molecule has 1 N–H and O–H groups in total. The predicted octanol–water partition coefficient (Wildman–Crippen LogP) is 3.12. The third-order valence-electron chi connectivity index (χ3n) is 2.89. The fraction of sp³-hybridized carbons (Fsp3) is 0.231. The Morgan fingerprint density at radius 1 is 1.40 bits per heavy atom. The van der Waals surface area contributed by atoms with Crippen LogP contribution in [0.4, 0.5) is 8.78 Å². The van der Waals surface area contributed by atoms with Gasteiger partial charge in [0.25, 0.3) is 0 Å². The predicted molar refractivity (Wildman–Crippen MR) is 73.6 cm³/mol. The van der Waals surface area contributed by atoms with Crippen molar-refractivity contribution in [2.45, 2.75) is 18.6 Å². The van der Waals surface area contributed by atoms with Crippen LogP contribution < -0.4 is 0 Å². The summed E-state index contributed by atoms with van der Waals surface area (Å²) >= 11 is 0. The van der Waals surface area contributed by atoms with Crippen molar-refractivity contribution >= 4 is 15.2 Å². The number of alkyl halides is 2. The summed E-state index contributed by atoms with van der Waals surface area (Å²) in [6, 6.07) is 7.54. The van der Waals surface area contributed by atoms with Crippen molar-refractivity contribution in [3.05, 3.63) is 42.2 Å². The Kier molecular flexibility index (Phi) is 3.86. The van der Waals surface area contributed by atoms with E-state index in [0.29, 0.717) is 5.56 Å². The molecule has 0 saturated carbocycles. The lowest BCUT2D eigenvalue weighted by molar-refractivity contribution is -0.140. The molecular formula is C13H13F2N2O2P. The Morgan fingerprint density at radius 3 is 2.50 bits per heavy atom. The van der Waals surface area contributed by atoms with Gasteiger partial charge in [-0.3, -0.25) is 4.68 Å². The van der Waals surface area contributed by atoms with E-state index in [4.69, 9.17) is 5.11 Å². The quantitative estimate of drug-likeness (QED) is 0.882. The zero-order chi connectivity index (χ0) is 14.9. The molecule has 7 heteroatoms. The number of hydrogen-bond donors (Lipinski definition) is 1. The summed E-state index contributed by atoms with van der Waals surface area (Å²) < 4.78 is 28.3. The average molecular weight is 298 g/mol. The molecule has 0 spiro atoms. The van der Waals surface area contributed by atoms with Gasteiger partial charge in [-0.05, 0) is 12.5 Å². The molecule has 1 heterocycles. The van der Waals surface area contributed by atoms with Crippen LogP contribution in [-0.4, -0.2) is 20.9 Å². The number of nitrogens with zero attached hydrogens (tertiary/aromatic N) is 2. The molecule has 0 saturated heterocycles. The van der Waals surface area contributed by atoms with Crippen LogP contribution in [0.25, 0.3) is 11.1 Å². The van der Waals surface area contributed by atoms with Gasteiger partial charge in [0.1, 0.15) is 11.7 Å². The highest BCUT2D eigenvalue weighted by molar-refractivity contribution is 7.17. The number of rotatable bonds is 4. The van der Waals surface area contributed by atoms with Crippen LogP contribution in [-0.2, 0) is 10.5 Å². The third-order valence-corrected chi connectivity index (χ3v) is 3.16. The number of benzene rings is 1. The maximum absolute atomic E-state index is 13.6. The van der Waals surface area contributed by atoms with E-state index in [1.807, 2.05) is 0 Å². The second-order valence-electron chi connectivity index (χ2n) is 4.37. The molecule has 2 atom stereocenters. The number of carboxylic acid groups (broad SMARTS) is 1. The van der Waals surface area contributed by atoms with Crippen molar-refractivity contribution in [3.63, 3.8) is 0 Å². The van der Waals surface area contributed by atoms with Gasteiger partial charge < -0.3 is 5.11 Å². The van der Waals surface area contributed by atoms with Crippen LogP contribution in [0.2, 0.25) is 0 Å². The van der Waals surface area contributed by atoms with Crippen molar-refractivity contribution in [3.8, 4) is 11.1 Å². The number of carbonyl (C=O) groups is 1. The van der Waals surface area contributed by atoms with Crippen LogP contribution in [0, 0.1) is 0 Å². The molecule has 0 radical (unpaired) electrons. The monoisotopic (exact) mass is 298 g/mol. The first-order chi connectivity index (χ1) is 9.30. The zero-order valence-corrected chi connectivity index (χ0v) is 11.8. The Labute approximate surface area is 116 Å². The lowest BCUT2D eigenvalue weighted by Crippen LogP contribution is -2.17. The molecular weight excluding hydrogens is 285 g/mol. The fourth-order valence-electron chi connectivity index (χ4n) is 1.78. The number of aliphatic carboxylic acids is 1. The van der Waals surface area contributed by atoms with Gasteiger partial charge in [-0.2, -0.15) is 13.9 Å². The highest BCUT2D eigenvalue weighted by atomic mass is 31.0. The number of aromatic nitrogens is 2. The normalized spacial score (nSPS) is 13.2. The Balaban J connectivity index is 2.58. The van der Waals surface area contributed by atoms with E-state index >= 15 is 0 Å². The Hall–Kier alpha value is -1.81. The smallest absolute Gasteiger partial charge is 0.328 e. The highest BCUT2D eigenvalue weighted by Crippen LogP contribution is 2.40. The van der Waals surface area contributed by atoms with Crippen molar-refractivity contribution in [2.24, 2.45) is 0 Å². The highest BCUT2D eigenvalue weighted by Gasteiger charge is 2.33. The number of halogens is 2. The second kappa shape index (κ2) is 5.29. The molecule has 0 aliphatic heterocycles. The molecule has 4 nitrogen and oxygen atoms in total. The zero-order valence-electron chi connectivity index (χ0n) is 10.6. The number of hydrogen-bond acceptors (Lipinski definition) is 2. The minimum Gasteiger partial charge on any atom is -0.480 e. The van der Waals surface area contributed by atoms with Crippen LogP contribution in [0.1, 0.15) is 18.7 Å². The molecule has 1 aromatic carbocycles. The molecule has 2 aromatic rings. The van der Waals surface area contributed by atoms with Crippen molar-refractivity contribution < 1.29 is 18.7 Å². The Bertz CT molecular complexity index is 623. The van der Waals surface area contributed by atoms with Crippen molar-refractivity contribution in [1.82, 2.24) is 9.78 Å². The Morgan fingerprint density at radius 2 is 2.00 bits per heavy atom. The topological polar surface area (TPSA) is 55.1 Å². The molecule has 0 aliphatic rings. The van der Waals surface area contributed by atoms with Crippen molar-refractivity contribution in [2.75, 3.05) is 0 Å². The SMILES string of the molecule is CC(C(=O)O)n1cc(-c2ccccc2)c(C(F)(F)P)n1. The average Bonchev–Trinajstić information content (AvgIpc) is 2.83. The summed E-state index contributed by atoms with van der Waals surface area (Å²) in [5.41, 5.74) is -2.90. The van der Waals surface area contributed by atoms with Gasteiger partial charge in [-0.25, -0.2) is 4.79 Å². The molecule has 20 heavy (non-hydrogen) atoms. The molecule has 1 aromatic heterocycles. The van der Waals surface area contributed by atoms with E-state index in [0.717, 1.165) is 4.68 Å². The van der Waals surface area contributed by atoms with Crippen LogP contribution in [0.3, 0.4) is 0 Å². The van der Waals surface area contributed by atoms with Crippen LogP contribution >= 0.6 is 9.24 Å². The van der Waals surface area contributed by atoms with E-state index < -0.39 is 23.4 Å². The van der Waals surface area contributed by atoms with E-state index in [1.165, 1.54) is 22.4 Å². The maximum atomic E-state index is 13.6. The minimum absolute atomic E-state index is 0.221. The summed E-state index contributed by atoms with van der Waals surface area (Å²) in [5, 5.41) is 12.7. The lowest BCUT2D eigenvalue weighted by Gasteiger charge is -2.09. The summed E-state index contributed by atoms with van der Waals surface area (Å²) in [6.45, 7) is 1.38. The second-order valence-corrected chi connectivity index (χ2v) is 5.10. The van der Waals surface area contributed by atoms with Gasteiger partial charge in [0, 0.05) is 11.8 Å². The summed E-state index contributed by atoms with van der Waals surface area (Å²) in [7, 11) is 1.43. The van der Waals surface area contributed by atoms with Gasteiger partial charge in [0.15, 0.2) is 0 Å². The van der Waals surface area contributed by atoms with Gasteiger partial charge in [0.05, 0.1) is 0 Å². The van der Waals surface area contributed by atoms with Crippen LogP contribution in [0.15, 0.2) is 36.5 Å². The number of carboxylic acids is 1. The first-order valence-corrected chi connectivity index (χ1v) is 6.43. The first-order valence-electron chi connectivity index (χ1n) is 5.85. The van der Waals surface area contributed by atoms with E-state index in [-0.39, 0.29) is 5.56 Å². The van der Waals surface area contributed by atoms with Crippen molar-refractivity contribution in [1.29, 1.82) is 0 Å². The first kappa shape index (κ1) is 14.6. The van der Waals surface area contributed by atoms with Crippen LogP contribution in [0.5, 0.6) is 0 Å². The molecule has 0 fully saturated rings. The largest absolute Gasteiger partial charge is 0.480 e.